The van der Waals surface area contributed by atoms with Crippen LogP contribution in [0.5, 0.6) is 0 Å². The van der Waals surface area contributed by atoms with Crippen molar-refractivity contribution in [1.29, 1.82) is 0 Å². The monoisotopic (exact) mass is 612 g/mol. The normalized spacial score (nSPS) is 25.6. The van der Waals surface area contributed by atoms with Crippen molar-refractivity contribution in [2.75, 3.05) is 11.9 Å². The average Bonchev–Trinajstić information content (AvgIpc) is 2.83. The van der Waals surface area contributed by atoms with E-state index in [-0.39, 0.29) is 33.1 Å². The summed E-state index contributed by atoms with van der Waals surface area (Å²) in [5.74, 6) is -1.37. The van der Waals surface area contributed by atoms with Crippen LogP contribution in [0.15, 0.2) is 33.8 Å². The van der Waals surface area contributed by atoms with Gasteiger partial charge in [0, 0.05) is 12.7 Å². The average molecular weight is 614 g/mol. The zero-order chi connectivity index (χ0) is 29.7. The highest BCUT2D eigenvalue weighted by atomic mass is 35.5. The number of rotatable bonds is 3. The van der Waals surface area contributed by atoms with E-state index in [1.54, 1.807) is 41.5 Å². The zero-order valence-electron chi connectivity index (χ0n) is 23.0. The van der Waals surface area contributed by atoms with Crippen LogP contribution in [0.3, 0.4) is 0 Å². The van der Waals surface area contributed by atoms with Crippen molar-refractivity contribution < 1.29 is 22.9 Å². The third kappa shape index (κ3) is 5.53. The molecule has 10 nitrogen and oxygen atoms in total. The summed E-state index contributed by atoms with van der Waals surface area (Å²) in [6, 6.07) is 3.79. The summed E-state index contributed by atoms with van der Waals surface area (Å²) in [5, 5.41) is 4.77. The number of aromatic nitrogens is 2. The van der Waals surface area contributed by atoms with Crippen LogP contribution in [0.25, 0.3) is 0 Å². The molecule has 2 aromatic heterocycles. The van der Waals surface area contributed by atoms with E-state index in [0.717, 1.165) is 6.07 Å². The van der Waals surface area contributed by atoms with Crippen molar-refractivity contribution in [1.82, 2.24) is 15.3 Å². The molecule has 40 heavy (non-hydrogen) atoms. The molecule has 0 spiro atoms. The SMILES string of the molecule is CC(C)(C)OC(=O)NC1=N[C@](C)(c2nc(NC(=O)c3ncc(Cl)cc3Cl)ccc2F)[C@H]2CCCN=[S@]2(=O)C1(C)C. The third-order valence-electron chi connectivity index (χ3n) is 6.77. The number of alkyl carbamates (subject to hydrolysis) is 1. The molecule has 0 fully saturated rings. The molecule has 2 N–H and O–H groups in total. The minimum Gasteiger partial charge on any atom is -0.444 e. The number of carbonyl (C=O) groups excluding carboxylic acids is 2. The van der Waals surface area contributed by atoms with Gasteiger partial charge < -0.3 is 10.1 Å². The molecule has 2 amide bonds. The molecule has 0 unspecified atom stereocenters. The molecule has 0 radical (unpaired) electrons. The van der Waals surface area contributed by atoms with Gasteiger partial charge in [0.15, 0.2) is 0 Å². The van der Waals surface area contributed by atoms with Gasteiger partial charge in [0.1, 0.15) is 44.7 Å². The first-order chi connectivity index (χ1) is 18.5. The highest BCUT2D eigenvalue weighted by molar-refractivity contribution is 7.96. The lowest BCUT2D eigenvalue weighted by Crippen LogP contribution is -2.62. The molecule has 2 aliphatic rings. The summed E-state index contributed by atoms with van der Waals surface area (Å²) in [4.78, 5) is 38.8. The van der Waals surface area contributed by atoms with E-state index in [0.29, 0.717) is 19.4 Å². The molecule has 3 atom stereocenters. The quantitative estimate of drug-likeness (QED) is 0.454. The van der Waals surface area contributed by atoms with E-state index >= 15 is 4.39 Å². The first-order valence-electron chi connectivity index (χ1n) is 12.6. The highest BCUT2D eigenvalue weighted by Crippen LogP contribution is 2.47. The number of pyridine rings is 2. The van der Waals surface area contributed by atoms with Crippen molar-refractivity contribution in [3.63, 3.8) is 0 Å². The number of aliphatic imine (C=N–C) groups is 1. The first kappa shape index (κ1) is 30.1. The Kier molecular flexibility index (Phi) is 7.94. The van der Waals surface area contributed by atoms with Crippen LogP contribution in [-0.2, 0) is 20.0 Å². The number of anilines is 1. The van der Waals surface area contributed by atoms with Crippen molar-refractivity contribution in [2.24, 2.45) is 9.36 Å². The number of amides is 2. The summed E-state index contributed by atoms with van der Waals surface area (Å²) in [6.45, 7) is 10.5. The van der Waals surface area contributed by atoms with Crippen LogP contribution >= 0.6 is 23.2 Å². The second kappa shape index (κ2) is 10.5. The maximum Gasteiger partial charge on any atom is 0.413 e. The fourth-order valence-corrected chi connectivity index (χ4v) is 8.55. The van der Waals surface area contributed by atoms with E-state index < -0.39 is 48.7 Å². The lowest BCUT2D eigenvalue weighted by Gasteiger charge is -2.48. The number of carbonyl (C=O) groups is 2. The zero-order valence-corrected chi connectivity index (χ0v) is 25.3. The largest absolute Gasteiger partial charge is 0.444 e. The van der Waals surface area contributed by atoms with Gasteiger partial charge in [0.2, 0.25) is 0 Å². The Morgan fingerprint density at radius 2 is 1.88 bits per heavy atom. The predicted octanol–water partition coefficient (Wildman–Crippen LogP) is 5.74. The number of fused-ring (bicyclic) bond motifs is 1. The van der Waals surface area contributed by atoms with Crippen LogP contribution in [-0.4, -0.2) is 54.2 Å². The van der Waals surface area contributed by atoms with Crippen molar-refractivity contribution in [2.45, 2.75) is 75.5 Å². The Hall–Kier alpha value is -2.83. The van der Waals surface area contributed by atoms with Crippen molar-refractivity contribution in [3.05, 3.63) is 51.6 Å². The Labute approximate surface area is 242 Å². The van der Waals surface area contributed by atoms with Gasteiger partial charge in [-0.1, -0.05) is 23.2 Å². The highest BCUT2D eigenvalue weighted by Gasteiger charge is 2.57. The van der Waals surface area contributed by atoms with Gasteiger partial charge in [0.25, 0.3) is 5.91 Å². The standard InChI is InChI=1S/C26H31Cl2FN6O4S/c1-24(2,3)39-23(37)34-22-25(4,5)40(38)17(8-7-11-31-40)26(6,35-22)20-16(29)9-10-18(32-20)33-21(36)19-15(28)12-14(27)13-30-19/h9-10,12-13,17H,7-8,11H2,1-6H3,(H,32,33,36)(H,34,35,37)/t17-,26+,40-/m1/s1. The Morgan fingerprint density at radius 1 is 1.18 bits per heavy atom. The molecule has 0 aromatic carbocycles. The number of nitrogens with zero attached hydrogens (tertiary/aromatic N) is 4. The Balaban J connectivity index is 1.81. The molecule has 0 saturated carbocycles. The lowest BCUT2D eigenvalue weighted by molar-refractivity contribution is 0.0560. The Bertz CT molecular complexity index is 1530. The van der Waals surface area contributed by atoms with Crippen LogP contribution < -0.4 is 10.6 Å². The lowest BCUT2D eigenvalue weighted by atomic mass is 9.89. The maximum atomic E-state index is 15.5. The van der Waals surface area contributed by atoms with Gasteiger partial charge in [-0.25, -0.2) is 27.7 Å². The summed E-state index contributed by atoms with van der Waals surface area (Å²) in [6.07, 6.45) is 1.54. The summed E-state index contributed by atoms with van der Waals surface area (Å²) in [5.41, 5.74) is -2.56. The molecule has 0 aliphatic carbocycles. The molecule has 4 rings (SSSR count). The molecule has 2 aliphatic heterocycles. The van der Waals surface area contributed by atoms with Gasteiger partial charge in [-0.3, -0.25) is 15.1 Å². The third-order valence-corrected chi connectivity index (χ3v) is 11.0. The van der Waals surface area contributed by atoms with Gasteiger partial charge in [-0.05, 0) is 72.6 Å². The van der Waals surface area contributed by atoms with E-state index in [4.69, 9.17) is 32.9 Å². The minimum absolute atomic E-state index is 0.00336. The summed E-state index contributed by atoms with van der Waals surface area (Å²) < 4.78 is 38.9. The first-order valence-corrected chi connectivity index (χ1v) is 14.9. The van der Waals surface area contributed by atoms with Crippen LogP contribution in [0.4, 0.5) is 15.0 Å². The second-order valence-electron chi connectivity index (χ2n) is 11.3. The van der Waals surface area contributed by atoms with Gasteiger partial charge in [-0.2, -0.15) is 0 Å². The second-order valence-corrected chi connectivity index (χ2v) is 15.1. The Morgan fingerprint density at radius 3 is 2.52 bits per heavy atom. The topological polar surface area (TPSA) is 135 Å². The molecule has 216 valence electrons. The van der Waals surface area contributed by atoms with Crippen molar-refractivity contribution in [3.8, 4) is 0 Å². The van der Waals surface area contributed by atoms with E-state index in [1.165, 1.54) is 18.3 Å². The number of hydrogen-bond donors (Lipinski definition) is 2. The molecule has 14 heteroatoms. The van der Waals surface area contributed by atoms with Crippen LogP contribution in [0, 0.1) is 5.82 Å². The van der Waals surface area contributed by atoms with E-state index in [2.05, 4.69) is 25.0 Å². The molecule has 0 saturated heterocycles. The van der Waals surface area contributed by atoms with Gasteiger partial charge >= 0.3 is 6.09 Å². The maximum absolute atomic E-state index is 15.5. The number of halogens is 3. The number of amidine groups is 1. The molecule has 4 heterocycles. The predicted molar refractivity (Wildman–Crippen MR) is 153 cm³/mol. The van der Waals surface area contributed by atoms with Gasteiger partial charge in [-0.15, -0.1) is 0 Å². The molecule has 2 aromatic rings. The minimum atomic E-state index is -3.12. The molecular formula is C26H31Cl2FN6O4S. The van der Waals surface area contributed by atoms with Gasteiger partial charge in [0.05, 0.1) is 25.0 Å². The number of nitrogens with one attached hydrogen (secondary N) is 2. The molecule has 0 bridgehead atoms. The number of ether oxygens (including phenoxy) is 1. The van der Waals surface area contributed by atoms with E-state index in [1.807, 2.05) is 0 Å². The summed E-state index contributed by atoms with van der Waals surface area (Å²) >= 11 is 12.0. The number of hydrogen-bond acceptors (Lipinski definition) is 8. The van der Waals surface area contributed by atoms with Crippen LogP contribution in [0.2, 0.25) is 10.0 Å². The fourth-order valence-electron chi connectivity index (χ4n) is 4.82. The van der Waals surface area contributed by atoms with Crippen molar-refractivity contribution >= 4 is 56.6 Å². The van der Waals surface area contributed by atoms with E-state index in [9.17, 15) is 13.8 Å². The molecular weight excluding hydrogens is 582 g/mol. The fraction of sp³-hybridized carbons (Fsp3) is 0.500. The smallest absolute Gasteiger partial charge is 0.413 e. The van der Waals surface area contributed by atoms with Crippen LogP contribution in [0.1, 0.15) is 70.6 Å². The summed E-state index contributed by atoms with van der Waals surface area (Å²) in [7, 11) is -3.12.